The van der Waals surface area contributed by atoms with E-state index in [1.165, 1.54) is 11.1 Å². The van der Waals surface area contributed by atoms with Gasteiger partial charge in [0.25, 0.3) is 5.88 Å². The van der Waals surface area contributed by atoms with Crippen molar-refractivity contribution in [2.24, 2.45) is 11.8 Å². The van der Waals surface area contributed by atoms with E-state index in [0.717, 1.165) is 12.8 Å². The van der Waals surface area contributed by atoms with E-state index >= 15 is 4.39 Å². The lowest BCUT2D eigenvalue weighted by Crippen LogP contribution is -2.59. The summed E-state index contributed by atoms with van der Waals surface area (Å²) in [6.07, 6.45) is 5.43. The lowest BCUT2D eigenvalue weighted by Gasteiger charge is -2.46. The Hall–Kier alpha value is -3.51. The first kappa shape index (κ1) is 23.9. The van der Waals surface area contributed by atoms with Crippen molar-refractivity contribution >= 4 is 29.2 Å². The number of piperidine rings is 1. The molecule has 1 amide bonds. The number of nitrogens with one attached hydrogen (secondary N) is 1. The van der Waals surface area contributed by atoms with Crippen LogP contribution in [0.5, 0.6) is 5.88 Å². The molecule has 2 bridgehead atoms. The molecule has 2 aromatic heterocycles. The highest BCUT2D eigenvalue weighted by molar-refractivity contribution is 6.33. The highest BCUT2D eigenvalue weighted by Crippen LogP contribution is 2.40. The van der Waals surface area contributed by atoms with Gasteiger partial charge in [0.15, 0.2) is 5.82 Å². The number of halogens is 2. The van der Waals surface area contributed by atoms with Crippen LogP contribution < -0.4 is 10.1 Å². The van der Waals surface area contributed by atoms with Crippen LogP contribution in [-0.4, -0.2) is 74.0 Å². The van der Waals surface area contributed by atoms with E-state index in [9.17, 15) is 4.79 Å². The van der Waals surface area contributed by atoms with Gasteiger partial charge in [0.05, 0.1) is 42.0 Å². The van der Waals surface area contributed by atoms with Gasteiger partial charge in [-0.25, -0.2) is 9.78 Å². The second-order valence-electron chi connectivity index (χ2n) is 9.81. The molecule has 2 unspecified atom stereocenters. The predicted molar refractivity (Wildman–Crippen MR) is 130 cm³/mol. The molecule has 2 saturated heterocycles. The number of hydrogen-bond donors (Lipinski definition) is 1. The normalized spacial score (nSPS) is 23.9. The standard InChI is InChI=1S/C24H25ClFN7O4/c1-24(4-5-24)37-23(34)32-9-14-11-35-12-15(10-32)20(14)36-22-19(26)21(27-13-28-22)31-18-3-2-16(8-17(18)25)33-29-6-7-30-33/h2-3,6-8,13-15,20H,4-5,9-12H2,1H3,(H,27,28,31). The maximum absolute atomic E-state index is 15.4. The summed E-state index contributed by atoms with van der Waals surface area (Å²) in [6, 6.07) is 5.08. The molecule has 4 heterocycles. The first-order valence-electron chi connectivity index (χ1n) is 12.0. The number of carbonyl (C=O) groups is 1. The van der Waals surface area contributed by atoms with Crippen LogP contribution in [0.15, 0.2) is 36.9 Å². The Balaban J connectivity index is 1.16. The number of rotatable bonds is 6. The van der Waals surface area contributed by atoms with Crippen molar-refractivity contribution in [1.29, 1.82) is 0 Å². The van der Waals surface area contributed by atoms with Crippen LogP contribution in [0.2, 0.25) is 5.02 Å². The molecule has 3 aromatic rings. The van der Waals surface area contributed by atoms with E-state index in [0.29, 0.717) is 42.7 Å². The average molecular weight is 530 g/mol. The third-order valence-corrected chi connectivity index (χ3v) is 7.22. The molecule has 0 radical (unpaired) electrons. The monoisotopic (exact) mass is 529 g/mol. The molecule has 2 atom stereocenters. The maximum atomic E-state index is 15.4. The number of aromatic nitrogens is 5. The predicted octanol–water partition coefficient (Wildman–Crippen LogP) is 3.61. The summed E-state index contributed by atoms with van der Waals surface area (Å²) in [5, 5.41) is 11.4. The molecule has 37 heavy (non-hydrogen) atoms. The van der Waals surface area contributed by atoms with E-state index in [4.69, 9.17) is 25.8 Å². The first-order chi connectivity index (χ1) is 17.9. The van der Waals surface area contributed by atoms with Gasteiger partial charge in [0.1, 0.15) is 18.0 Å². The van der Waals surface area contributed by atoms with E-state index < -0.39 is 5.82 Å². The number of fused-ring (bicyclic) bond motifs is 2. The summed E-state index contributed by atoms with van der Waals surface area (Å²) in [4.78, 5) is 23.8. The lowest BCUT2D eigenvalue weighted by atomic mass is 9.84. The number of likely N-dealkylation sites (tertiary alicyclic amines) is 1. The molecule has 1 saturated carbocycles. The summed E-state index contributed by atoms with van der Waals surface area (Å²) in [5.41, 5.74) is 0.758. The van der Waals surface area contributed by atoms with Crippen molar-refractivity contribution in [3.05, 3.63) is 47.8 Å². The van der Waals surface area contributed by atoms with Gasteiger partial charge in [-0.3, -0.25) is 0 Å². The average Bonchev–Trinajstić information content (AvgIpc) is 3.35. The molecule has 11 nitrogen and oxygen atoms in total. The van der Waals surface area contributed by atoms with Crippen molar-refractivity contribution in [3.63, 3.8) is 0 Å². The molecule has 1 aliphatic carbocycles. The molecule has 6 rings (SSSR count). The molecule has 13 heteroatoms. The highest BCUT2D eigenvalue weighted by atomic mass is 35.5. The molecule has 1 aromatic carbocycles. The van der Waals surface area contributed by atoms with Crippen LogP contribution in [0.4, 0.5) is 20.7 Å². The van der Waals surface area contributed by atoms with Gasteiger partial charge in [-0.1, -0.05) is 11.6 Å². The van der Waals surface area contributed by atoms with Gasteiger partial charge in [-0.2, -0.15) is 24.4 Å². The molecule has 2 aliphatic heterocycles. The second-order valence-corrected chi connectivity index (χ2v) is 10.2. The van der Waals surface area contributed by atoms with Crippen molar-refractivity contribution in [3.8, 4) is 11.6 Å². The van der Waals surface area contributed by atoms with Crippen LogP contribution in [0.1, 0.15) is 19.8 Å². The fraction of sp³-hybridized carbons (Fsp3) is 0.458. The van der Waals surface area contributed by atoms with E-state index in [1.807, 2.05) is 6.92 Å². The third-order valence-electron chi connectivity index (χ3n) is 6.91. The zero-order valence-electron chi connectivity index (χ0n) is 20.0. The van der Waals surface area contributed by atoms with E-state index in [-0.39, 0.29) is 41.3 Å². The fourth-order valence-corrected chi connectivity index (χ4v) is 4.87. The first-order valence-corrected chi connectivity index (χ1v) is 12.4. The van der Waals surface area contributed by atoms with Crippen LogP contribution in [-0.2, 0) is 9.47 Å². The molecule has 194 valence electrons. The molecular formula is C24H25ClFN7O4. The Labute approximate surface area is 216 Å². The zero-order valence-corrected chi connectivity index (χ0v) is 20.8. The van der Waals surface area contributed by atoms with Gasteiger partial charge >= 0.3 is 6.09 Å². The van der Waals surface area contributed by atoms with Crippen molar-refractivity contribution < 1.29 is 23.4 Å². The minimum Gasteiger partial charge on any atom is -0.471 e. The molecular weight excluding hydrogens is 505 g/mol. The molecule has 3 fully saturated rings. The van der Waals surface area contributed by atoms with Crippen LogP contribution in [0.25, 0.3) is 5.69 Å². The Morgan fingerprint density at radius 2 is 1.92 bits per heavy atom. The quantitative estimate of drug-likeness (QED) is 0.511. The molecule has 0 spiro atoms. The lowest BCUT2D eigenvalue weighted by molar-refractivity contribution is -0.112. The Kier molecular flexibility index (Phi) is 6.07. The minimum absolute atomic E-state index is 0.0723. The number of nitrogens with zero attached hydrogens (tertiary/aromatic N) is 6. The van der Waals surface area contributed by atoms with E-state index in [1.54, 1.807) is 35.5 Å². The molecule has 3 aliphatic rings. The summed E-state index contributed by atoms with van der Waals surface area (Å²) in [7, 11) is 0. The summed E-state index contributed by atoms with van der Waals surface area (Å²) >= 11 is 6.41. The number of benzene rings is 1. The number of hydrogen-bond acceptors (Lipinski definition) is 9. The zero-order chi connectivity index (χ0) is 25.6. The fourth-order valence-electron chi connectivity index (χ4n) is 4.65. The topological polar surface area (TPSA) is 117 Å². The number of amides is 1. The summed E-state index contributed by atoms with van der Waals surface area (Å²) < 4.78 is 32.9. The highest BCUT2D eigenvalue weighted by Gasteiger charge is 2.47. The van der Waals surface area contributed by atoms with Crippen molar-refractivity contribution in [2.75, 3.05) is 31.6 Å². The Morgan fingerprint density at radius 1 is 1.19 bits per heavy atom. The SMILES string of the molecule is CC1(OC(=O)N2CC3COCC(C2)C3Oc2ncnc(Nc3ccc(-n4nccn4)cc3Cl)c2F)CC1. The van der Waals surface area contributed by atoms with Crippen LogP contribution in [0.3, 0.4) is 0 Å². The number of ether oxygens (including phenoxy) is 3. The summed E-state index contributed by atoms with van der Waals surface area (Å²) in [6.45, 7) is 3.54. The molecule has 1 N–H and O–H groups in total. The largest absolute Gasteiger partial charge is 0.471 e. The van der Waals surface area contributed by atoms with E-state index in [2.05, 4.69) is 25.5 Å². The van der Waals surface area contributed by atoms with Gasteiger partial charge in [0, 0.05) is 24.9 Å². The van der Waals surface area contributed by atoms with Gasteiger partial charge in [-0.05, 0) is 38.0 Å². The van der Waals surface area contributed by atoms with Gasteiger partial charge < -0.3 is 24.4 Å². The Bertz CT molecular complexity index is 1290. The summed E-state index contributed by atoms with van der Waals surface area (Å²) in [5.74, 6) is -1.27. The van der Waals surface area contributed by atoms with Crippen molar-refractivity contribution in [1.82, 2.24) is 29.9 Å². The Morgan fingerprint density at radius 3 is 2.59 bits per heavy atom. The minimum atomic E-state index is -0.737. The second kappa shape index (κ2) is 9.42. The number of carbonyl (C=O) groups excluding carboxylic acids is 1. The van der Waals surface area contributed by atoms with Gasteiger partial charge in [-0.15, -0.1) is 0 Å². The smallest absolute Gasteiger partial charge is 0.410 e. The van der Waals surface area contributed by atoms with Crippen LogP contribution in [0, 0.1) is 17.7 Å². The van der Waals surface area contributed by atoms with Crippen molar-refractivity contribution in [2.45, 2.75) is 31.5 Å². The van der Waals surface area contributed by atoms with Crippen LogP contribution >= 0.6 is 11.6 Å². The third kappa shape index (κ3) is 4.90. The van der Waals surface area contributed by atoms with Gasteiger partial charge in [0.2, 0.25) is 5.82 Å². The maximum Gasteiger partial charge on any atom is 0.410 e. The number of anilines is 2.